The number of anilines is 1. The van der Waals surface area contributed by atoms with Gasteiger partial charge in [-0.15, -0.1) is 24.0 Å². The second-order valence-corrected chi connectivity index (χ2v) is 7.77. The quantitative estimate of drug-likeness (QED) is 0.278. The van der Waals surface area contributed by atoms with E-state index in [1.807, 2.05) is 24.5 Å². The van der Waals surface area contributed by atoms with Gasteiger partial charge in [-0.05, 0) is 36.6 Å². The maximum Gasteiger partial charge on any atom is 0.191 e. The van der Waals surface area contributed by atoms with E-state index in [0.29, 0.717) is 12.6 Å². The first-order chi connectivity index (χ1) is 15.2. The van der Waals surface area contributed by atoms with Gasteiger partial charge in [0.1, 0.15) is 11.6 Å². The van der Waals surface area contributed by atoms with Crippen molar-refractivity contribution in [3.8, 4) is 0 Å². The minimum absolute atomic E-state index is 0. The van der Waals surface area contributed by atoms with Crippen molar-refractivity contribution in [3.05, 3.63) is 84.2 Å². The Balaban J connectivity index is 0.00000289. The average molecular weight is 548 g/mol. The summed E-state index contributed by atoms with van der Waals surface area (Å²) in [7, 11) is 1.79. The van der Waals surface area contributed by atoms with Crippen LogP contribution in [0.15, 0.2) is 72.0 Å². The van der Waals surface area contributed by atoms with Gasteiger partial charge in [0.05, 0.1) is 6.54 Å². The van der Waals surface area contributed by atoms with E-state index in [4.69, 9.17) is 0 Å². The Kier molecular flexibility index (Phi) is 8.90. The van der Waals surface area contributed by atoms with E-state index in [2.05, 4.69) is 54.3 Å². The van der Waals surface area contributed by atoms with Crippen LogP contribution in [-0.2, 0) is 13.1 Å². The first-order valence-corrected chi connectivity index (χ1v) is 10.7. The zero-order chi connectivity index (χ0) is 21.5. The summed E-state index contributed by atoms with van der Waals surface area (Å²) in [6.07, 6.45) is 5.78. The van der Waals surface area contributed by atoms with Gasteiger partial charge in [-0.1, -0.05) is 36.4 Å². The van der Waals surface area contributed by atoms with Crippen LogP contribution in [0.5, 0.6) is 0 Å². The van der Waals surface area contributed by atoms with Crippen LogP contribution in [0.2, 0.25) is 0 Å². The van der Waals surface area contributed by atoms with Crippen LogP contribution in [0.4, 0.5) is 10.1 Å². The largest absolute Gasteiger partial charge is 0.371 e. The number of benzene rings is 2. The minimum atomic E-state index is -0.187. The maximum absolute atomic E-state index is 13.5. The molecule has 1 aromatic heterocycles. The molecule has 1 saturated heterocycles. The summed E-state index contributed by atoms with van der Waals surface area (Å²) in [5.41, 5.74) is 2.19. The molecule has 1 aliphatic heterocycles. The summed E-state index contributed by atoms with van der Waals surface area (Å²) in [5, 5.41) is 6.91. The molecule has 0 unspecified atom stereocenters. The summed E-state index contributed by atoms with van der Waals surface area (Å²) < 4.78 is 15.6. The molecule has 170 valence electrons. The highest BCUT2D eigenvalue weighted by atomic mass is 127. The molecule has 0 aliphatic carbocycles. The highest BCUT2D eigenvalue weighted by molar-refractivity contribution is 14.0. The van der Waals surface area contributed by atoms with Gasteiger partial charge in [0.15, 0.2) is 5.96 Å². The standard InChI is InChI=1S/C24H29FN6.HI/c1-26-24(28-17-23-27-12-15-31(23)18-19-6-3-2-4-7-19)29-21-10-13-30(14-11-21)22-9-5-8-20(25)16-22;/h2-9,12,15-16,21H,10-11,13-14,17-18H2,1H3,(H2,26,28,29);1H. The third kappa shape index (κ3) is 6.44. The van der Waals surface area contributed by atoms with Gasteiger partial charge in [0, 0.05) is 50.8 Å². The molecule has 4 rings (SSSR count). The van der Waals surface area contributed by atoms with Gasteiger partial charge in [-0.2, -0.15) is 0 Å². The van der Waals surface area contributed by atoms with E-state index in [9.17, 15) is 4.39 Å². The van der Waals surface area contributed by atoms with Crippen molar-refractivity contribution in [2.75, 3.05) is 25.0 Å². The molecule has 0 bridgehead atoms. The zero-order valence-corrected chi connectivity index (χ0v) is 20.6. The monoisotopic (exact) mass is 548 g/mol. The Hall–Kier alpha value is -2.62. The van der Waals surface area contributed by atoms with Gasteiger partial charge in [0.25, 0.3) is 0 Å². The summed E-state index contributed by atoms with van der Waals surface area (Å²) in [5.74, 6) is 1.55. The Morgan fingerprint density at radius 2 is 1.91 bits per heavy atom. The first-order valence-electron chi connectivity index (χ1n) is 10.7. The lowest BCUT2D eigenvalue weighted by atomic mass is 10.0. The number of halogens is 2. The lowest BCUT2D eigenvalue weighted by Gasteiger charge is -2.34. The lowest BCUT2D eigenvalue weighted by Crippen LogP contribution is -2.48. The number of guanidine groups is 1. The third-order valence-corrected chi connectivity index (χ3v) is 5.64. The molecule has 8 heteroatoms. The predicted molar refractivity (Wildman–Crippen MR) is 138 cm³/mol. The average Bonchev–Trinajstić information content (AvgIpc) is 3.24. The van der Waals surface area contributed by atoms with Crippen molar-refractivity contribution in [2.45, 2.75) is 32.0 Å². The van der Waals surface area contributed by atoms with Crippen LogP contribution in [0.25, 0.3) is 0 Å². The van der Waals surface area contributed by atoms with Crippen molar-refractivity contribution in [1.29, 1.82) is 0 Å². The topological polar surface area (TPSA) is 57.5 Å². The second-order valence-electron chi connectivity index (χ2n) is 7.77. The van der Waals surface area contributed by atoms with Crippen LogP contribution in [-0.4, -0.2) is 41.7 Å². The molecule has 2 N–H and O–H groups in total. The third-order valence-electron chi connectivity index (χ3n) is 5.64. The number of piperidine rings is 1. The Morgan fingerprint density at radius 1 is 1.12 bits per heavy atom. The number of nitrogens with one attached hydrogen (secondary N) is 2. The van der Waals surface area contributed by atoms with Crippen LogP contribution in [0, 0.1) is 5.82 Å². The van der Waals surface area contributed by atoms with Crippen LogP contribution < -0.4 is 15.5 Å². The molecule has 0 amide bonds. The number of hydrogen-bond donors (Lipinski definition) is 2. The maximum atomic E-state index is 13.5. The molecule has 0 spiro atoms. The molecule has 0 atom stereocenters. The Morgan fingerprint density at radius 3 is 2.62 bits per heavy atom. The van der Waals surface area contributed by atoms with Gasteiger partial charge in [0.2, 0.25) is 0 Å². The number of imidazole rings is 1. The molecule has 6 nitrogen and oxygen atoms in total. The highest BCUT2D eigenvalue weighted by Gasteiger charge is 2.20. The number of aromatic nitrogens is 2. The van der Waals surface area contributed by atoms with Gasteiger partial charge in [-0.3, -0.25) is 4.99 Å². The molecule has 2 aromatic carbocycles. The van der Waals surface area contributed by atoms with E-state index in [1.54, 1.807) is 19.2 Å². The minimum Gasteiger partial charge on any atom is -0.371 e. The smallest absolute Gasteiger partial charge is 0.191 e. The van der Waals surface area contributed by atoms with Crippen LogP contribution in [0.3, 0.4) is 0 Å². The zero-order valence-electron chi connectivity index (χ0n) is 18.2. The van der Waals surface area contributed by atoms with Gasteiger partial charge in [-0.25, -0.2) is 9.37 Å². The van der Waals surface area contributed by atoms with Crippen molar-refractivity contribution in [2.24, 2.45) is 4.99 Å². The van der Waals surface area contributed by atoms with Crippen molar-refractivity contribution >= 4 is 35.6 Å². The first kappa shape index (κ1) is 24.0. The number of hydrogen-bond acceptors (Lipinski definition) is 3. The molecule has 0 radical (unpaired) electrons. The number of aliphatic imine (C=N–C) groups is 1. The fraction of sp³-hybridized carbons (Fsp3) is 0.333. The fourth-order valence-corrected chi connectivity index (χ4v) is 3.94. The fourth-order valence-electron chi connectivity index (χ4n) is 3.94. The van der Waals surface area contributed by atoms with Crippen LogP contribution in [0.1, 0.15) is 24.2 Å². The summed E-state index contributed by atoms with van der Waals surface area (Å²) in [6, 6.07) is 17.5. The van der Waals surface area contributed by atoms with Crippen molar-refractivity contribution in [3.63, 3.8) is 0 Å². The van der Waals surface area contributed by atoms with E-state index in [0.717, 1.165) is 49.9 Å². The summed E-state index contributed by atoms with van der Waals surface area (Å²) in [6.45, 7) is 3.17. The molecule has 1 aliphatic rings. The lowest BCUT2D eigenvalue weighted by molar-refractivity contribution is 0.460. The van der Waals surface area contributed by atoms with Crippen molar-refractivity contribution < 1.29 is 4.39 Å². The molecular formula is C24H30FIN6. The number of nitrogens with zero attached hydrogens (tertiary/aromatic N) is 4. The van der Waals surface area contributed by atoms with Crippen LogP contribution >= 0.6 is 24.0 Å². The predicted octanol–water partition coefficient (Wildman–Crippen LogP) is 4.02. The van der Waals surface area contributed by atoms with E-state index >= 15 is 0 Å². The second kappa shape index (κ2) is 11.8. The molecule has 0 saturated carbocycles. The molecular weight excluding hydrogens is 518 g/mol. The molecule has 3 aromatic rings. The molecule has 32 heavy (non-hydrogen) atoms. The highest BCUT2D eigenvalue weighted by Crippen LogP contribution is 2.20. The van der Waals surface area contributed by atoms with E-state index in [1.165, 1.54) is 11.6 Å². The van der Waals surface area contributed by atoms with Gasteiger partial charge < -0.3 is 20.1 Å². The van der Waals surface area contributed by atoms with E-state index in [-0.39, 0.29) is 29.8 Å². The Labute approximate surface area is 206 Å². The molecule has 1 fully saturated rings. The molecule has 2 heterocycles. The SMILES string of the molecule is CN=C(NCc1nccn1Cc1ccccc1)NC1CCN(c2cccc(F)c2)CC1.I. The van der Waals surface area contributed by atoms with Gasteiger partial charge >= 0.3 is 0 Å². The number of rotatable bonds is 6. The van der Waals surface area contributed by atoms with E-state index < -0.39 is 0 Å². The Bertz CT molecular complexity index is 998. The summed E-state index contributed by atoms with van der Waals surface area (Å²) >= 11 is 0. The van der Waals surface area contributed by atoms with Crippen molar-refractivity contribution in [1.82, 2.24) is 20.2 Å². The normalized spacial score (nSPS) is 14.7. The summed E-state index contributed by atoms with van der Waals surface area (Å²) in [4.78, 5) is 11.1.